The summed E-state index contributed by atoms with van der Waals surface area (Å²) >= 11 is 5.76. The van der Waals surface area contributed by atoms with E-state index in [1.807, 2.05) is 12.1 Å². The summed E-state index contributed by atoms with van der Waals surface area (Å²) in [6, 6.07) is 13.4. The van der Waals surface area contributed by atoms with Crippen molar-refractivity contribution in [2.75, 3.05) is 0 Å². The lowest BCUT2D eigenvalue weighted by atomic mass is 10.2. The lowest BCUT2D eigenvalue weighted by Crippen LogP contribution is -1.79. The first-order valence-corrected chi connectivity index (χ1v) is 5.17. The Balaban J connectivity index is 2.15. The Hall–Kier alpha value is -1.67. The van der Waals surface area contributed by atoms with Gasteiger partial charge in [0.05, 0.1) is 5.69 Å². The third kappa shape index (κ3) is 2.91. The predicted octanol–water partition coefficient (Wildman–Crippen LogP) is 4.23. The van der Waals surface area contributed by atoms with Crippen LogP contribution in [-0.2, 0) is 0 Å². The van der Waals surface area contributed by atoms with E-state index in [2.05, 4.69) is 4.99 Å². The summed E-state index contributed by atoms with van der Waals surface area (Å²) in [6.07, 6.45) is 1.71. The molecule has 0 fully saturated rings. The van der Waals surface area contributed by atoms with Gasteiger partial charge in [-0.3, -0.25) is 4.99 Å². The Morgan fingerprint density at radius 1 is 0.938 bits per heavy atom. The topological polar surface area (TPSA) is 12.4 Å². The SMILES string of the molecule is Fc1ccc(N=Cc2ccc(Cl)cc2)cc1. The molecule has 0 bridgehead atoms. The van der Waals surface area contributed by atoms with E-state index < -0.39 is 0 Å². The highest BCUT2D eigenvalue weighted by Gasteiger charge is 1.91. The summed E-state index contributed by atoms with van der Waals surface area (Å²) in [5, 5.41) is 0.693. The van der Waals surface area contributed by atoms with Crippen LogP contribution in [0, 0.1) is 5.82 Å². The van der Waals surface area contributed by atoms with Crippen LogP contribution in [0.2, 0.25) is 5.02 Å². The zero-order valence-electron chi connectivity index (χ0n) is 8.40. The maximum absolute atomic E-state index is 12.6. The number of benzene rings is 2. The van der Waals surface area contributed by atoms with E-state index in [1.54, 1.807) is 30.5 Å². The second kappa shape index (κ2) is 4.90. The van der Waals surface area contributed by atoms with Crippen LogP contribution in [0.25, 0.3) is 0 Å². The van der Waals surface area contributed by atoms with Gasteiger partial charge in [-0.2, -0.15) is 0 Å². The van der Waals surface area contributed by atoms with Gasteiger partial charge in [0.25, 0.3) is 0 Å². The first kappa shape index (κ1) is 10.8. The molecule has 0 spiro atoms. The normalized spacial score (nSPS) is 10.9. The molecule has 0 aliphatic heterocycles. The Bertz CT molecular complexity index is 441. The molecule has 2 aromatic rings. The van der Waals surface area contributed by atoms with Gasteiger partial charge in [-0.1, -0.05) is 23.7 Å². The third-order valence-electron chi connectivity index (χ3n) is 2.06. The van der Waals surface area contributed by atoms with Crippen molar-refractivity contribution in [3.8, 4) is 0 Å². The predicted molar refractivity (Wildman–Crippen MR) is 65.1 cm³/mol. The van der Waals surface area contributed by atoms with Crippen LogP contribution in [0.4, 0.5) is 10.1 Å². The minimum Gasteiger partial charge on any atom is -0.256 e. The highest BCUT2D eigenvalue weighted by Crippen LogP contribution is 2.13. The molecule has 1 nitrogen and oxygen atoms in total. The Morgan fingerprint density at radius 3 is 2.19 bits per heavy atom. The number of nitrogens with zero attached hydrogens (tertiary/aromatic N) is 1. The maximum atomic E-state index is 12.6. The number of aliphatic imine (C=N–C) groups is 1. The van der Waals surface area contributed by atoms with Crippen molar-refractivity contribution in [3.63, 3.8) is 0 Å². The molecule has 0 heterocycles. The van der Waals surface area contributed by atoms with Crippen molar-refractivity contribution in [2.24, 2.45) is 4.99 Å². The molecule has 0 unspecified atom stereocenters. The molecule has 2 aromatic carbocycles. The molecule has 3 heteroatoms. The molecule has 0 atom stereocenters. The number of hydrogen-bond acceptors (Lipinski definition) is 1. The molecule has 0 amide bonds. The average molecular weight is 234 g/mol. The largest absolute Gasteiger partial charge is 0.256 e. The quantitative estimate of drug-likeness (QED) is 0.689. The summed E-state index contributed by atoms with van der Waals surface area (Å²) in [5.74, 6) is -0.259. The van der Waals surface area contributed by atoms with Crippen molar-refractivity contribution in [1.82, 2.24) is 0 Å². The van der Waals surface area contributed by atoms with Crippen LogP contribution in [0.3, 0.4) is 0 Å². The molecule has 0 N–H and O–H groups in total. The zero-order valence-corrected chi connectivity index (χ0v) is 9.16. The summed E-state index contributed by atoms with van der Waals surface area (Å²) in [7, 11) is 0. The minimum atomic E-state index is -0.259. The smallest absolute Gasteiger partial charge is 0.123 e. The number of halogens is 2. The van der Waals surface area contributed by atoms with Crippen molar-refractivity contribution >= 4 is 23.5 Å². The second-order valence-corrected chi connectivity index (χ2v) is 3.72. The minimum absolute atomic E-state index is 0.259. The van der Waals surface area contributed by atoms with Gasteiger partial charge >= 0.3 is 0 Å². The van der Waals surface area contributed by atoms with Crippen LogP contribution in [0.1, 0.15) is 5.56 Å². The summed E-state index contributed by atoms with van der Waals surface area (Å²) < 4.78 is 12.6. The molecule has 80 valence electrons. The van der Waals surface area contributed by atoms with E-state index in [0.29, 0.717) is 5.02 Å². The lowest BCUT2D eigenvalue weighted by molar-refractivity contribution is 0.628. The van der Waals surface area contributed by atoms with Crippen LogP contribution < -0.4 is 0 Å². The van der Waals surface area contributed by atoms with Gasteiger partial charge in [-0.15, -0.1) is 0 Å². The summed E-state index contributed by atoms with van der Waals surface area (Å²) in [6.45, 7) is 0. The van der Waals surface area contributed by atoms with Gasteiger partial charge in [-0.05, 0) is 42.0 Å². The fraction of sp³-hybridized carbons (Fsp3) is 0. The molecule has 0 aromatic heterocycles. The molecule has 0 saturated heterocycles. The van der Waals surface area contributed by atoms with Gasteiger partial charge < -0.3 is 0 Å². The number of rotatable bonds is 2. The van der Waals surface area contributed by atoms with E-state index >= 15 is 0 Å². The van der Waals surface area contributed by atoms with E-state index in [4.69, 9.17) is 11.6 Å². The fourth-order valence-electron chi connectivity index (χ4n) is 1.23. The molecular weight excluding hydrogens is 225 g/mol. The fourth-order valence-corrected chi connectivity index (χ4v) is 1.35. The molecule has 0 radical (unpaired) electrons. The van der Waals surface area contributed by atoms with Gasteiger partial charge in [0.15, 0.2) is 0 Å². The van der Waals surface area contributed by atoms with Crippen LogP contribution >= 0.6 is 11.6 Å². The molecule has 2 rings (SSSR count). The second-order valence-electron chi connectivity index (χ2n) is 3.29. The molecule has 0 aliphatic rings. The van der Waals surface area contributed by atoms with E-state index in [9.17, 15) is 4.39 Å². The van der Waals surface area contributed by atoms with Crippen LogP contribution in [0.15, 0.2) is 53.5 Å². The van der Waals surface area contributed by atoms with Crippen LogP contribution in [-0.4, -0.2) is 6.21 Å². The standard InChI is InChI=1S/C13H9ClFN/c14-11-3-1-10(2-4-11)9-16-13-7-5-12(15)6-8-13/h1-9H. The monoisotopic (exact) mass is 233 g/mol. The van der Waals surface area contributed by atoms with Crippen molar-refractivity contribution in [1.29, 1.82) is 0 Å². The molecule has 0 saturated carbocycles. The molecular formula is C13H9ClFN. The maximum Gasteiger partial charge on any atom is 0.123 e. The van der Waals surface area contributed by atoms with Gasteiger partial charge in [-0.25, -0.2) is 4.39 Å². The van der Waals surface area contributed by atoms with Crippen molar-refractivity contribution in [3.05, 3.63) is 64.9 Å². The lowest BCUT2D eigenvalue weighted by Gasteiger charge is -1.94. The van der Waals surface area contributed by atoms with Gasteiger partial charge in [0.2, 0.25) is 0 Å². The first-order chi connectivity index (χ1) is 7.74. The summed E-state index contributed by atoms with van der Waals surface area (Å²) in [5.41, 5.74) is 1.67. The summed E-state index contributed by atoms with van der Waals surface area (Å²) in [4.78, 5) is 4.21. The average Bonchev–Trinajstić information content (AvgIpc) is 2.30. The molecule has 16 heavy (non-hydrogen) atoms. The Labute approximate surface area is 98.2 Å². The van der Waals surface area contributed by atoms with Gasteiger partial charge in [0.1, 0.15) is 5.82 Å². The highest BCUT2D eigenvalue weighted by atomic mass is 35.5. The van der Waals surface area contributed by atoms with Crippen molar-refractivity contribution in [2.45, 2.75) is 0 Å². The Kier molecular flexibility index (Phi) is 3.32. The third-order valence-corrected chi connectivity index (χ3v) is 2.31. The molecule has 0 aliphatic carbocycles. The van der Waals surface area contributed by atoms with E-state index in [1.165, 1.54) is 12.1 Å². The first-order valence-electron chi connectivity index (χ1n) is 4.79. The van der Waals surface area contributed by atoms with Crippen LogP contribution in [0.5, 0.6) is 0 Å². The van der Waals surface area contributed by atoms with Crippen molar-refractivity contribution < 1.29 is 4.39 Å². The van der Waals surface area contributed by atoms with Gasteiger partial charge in [0, 0.05) is 11.2 Å². The Morgan fingerprint density at radius 2 is 1.56 bits per heavy atom. The van der Waals surface area contributed by atoms with E-state index in [-0.39, 0.29) is 5.82 Å². The zero-order chi connectivity index (χ0) is 11.4. The van der Waals surface area contributed by atoms with E-state index in [0.717, 1.165) is 11.3 Å². The number of hydrogen-bond donors (Lipinski definition) is 0. The highest BCUT2D eigenvalue weighted by molar-refractivity contribution is 6.30.